The molecule has 1 saturated carbocycles. The van der Waals surface area contributed by atoms with Gasteiger partial charge in [0, 0.05) is 13.8 Å². The van der Waals surface area contributed by atoms with Crippen molar-refractivity contribution in [3.8, 4) is 5.75 Å². The summed E-state index contributed by atoms with van der Waals surface area (Å²) in [6.07, 6.45) is 3.62. The van der Waals surface area contributed by atoms with E-state index in [4.69, 9.17) is 19.3 Å². The molecule has 0 bridgehead atoms. The van der Waals surface area contributed by atoms with Crippen LogP contribution in [0.3, 0.4) is 0 Å². The molecular weight excluding hydrogens is 388 g/mol. The van der Waals surface area contributed by atoms with Crippen molar-refractivity contribution in [2.45, 2.75) is 65.1 Å². The topological polar surface area (TPSA) is 99.1 Å². The third-order valence-corrected chi connectivity index (χ3v) is 6.26. The number of rotatable bonds is 8. The minimum absolute atomic E-state index is 0.153. The molecule has 0 amide bonds. The van der Waals surface area contributed by atoms with Crippen LogP contribution in [0.15, 0.2) is 18.2 Å². The lowest BCUT2D eigenvalue weighted by molar-refractivity contribution is -0.148. The van der Waals surface area contributed by atoms with Gasteiger partial charge in [-0.1, -0.05) is 12.1 Å². The second-order valence-electron chi connectivity index (χ2n) is 8.45. The third kappa shape index (κ3) is 5.32. The molecule has 7 nitrogen and oxygen atoms in total. The Bertz CT molecular complexity index is 803. The normalized spacial score (nSPS) is 25.6. The summed E-state index contributed by atoms with van der Waals surface area (Å²) < 4.78 is 16.5. The lowest BCUT2D eigenvalue weighted by Crippen LogP contribution is -2.29. The molecule has 1 aromatic rings. The highest BCUT2D eigenvalue weighted by molar-refractivity contribution is 5.68. The van der Waals surface area contributed by atoms with E-state index in [1.54, 1.807) is 0 Å². The first-order chi connectivity index (χ1) is 14.2. The van der Waals surface area contributed by atoms with Crippen molar-refractivity contribution in [1.82, 2.24) is 0 Å². The number of esters is 2. The van der Waals surface area contributed by atoms with Gasteiger partial charge in [0.25, 0.3) is 0 Å². The Balaban J connectivity index is 1.77. The smallest absolute Gasteiger partial charge is 0.341 e. The van der Waals surface area contributed by atoms with E-state index in [-0.39, 0.29) is 36.7 Å². The van der Waals surface area contributed by atoms with Crippen LogP contribution in [0.25, 0.3) is 0 Å². The van der Waals surface area contributed by atoms with E-state index in [2.05, 4.69) is 6.07 Å². The van der Waals surface area contributed by atoms with Gasteiger partial charge in [-0.3, -0.25) is 9.59 Å². The van der Waals surface area contributed by atoms with Gasteiger partial charge in [-0.15, -0.1) is 0 Å². The minimum atomic E-state index is -1.00. The second-order valence-corrected chi connectivity index (χ2v) is 8.45. The molecule has 1 N–H and O–H groups in total. The lowest BCUT2D eigenvalue weighted by Gasteiger charge is -2.32. The summed E-state index contributed by atoms with van der Waals surface area (Å²) in [7, 11) is 0. The largest absolute Gasteiger partial charge is 0.482 e. The number of fused-ring (bicyclic) bond motifs is 2. The number of carbonyl (C=O) groups excluding carboxylic acids is 2. The molecule has 0 radical (unpaired) electrons. The van der Waals surface area contributed by atoms with Crippen molar-refractivity contribution in [3.63, 3.8) is 0 Å². The van der Waals surface area contributed by atoms with Crippen LogP contribution in [0.2, 0.25) is 0 Å². The van der Waals surface area contributed by atoms with Crippen LogP contribution in [0.5, 0.6) is 5.75 Å². The summed E-state index contributed by atoms with van der Waals surface area (Å²) in [6, 6.07) is 5.78. The molecule has 0 unspecified atom stereocenters. The molecule has 164 valence electrons. The Morgan fingerprint density at radius 1 is 1.17 bits per heavy atom. The van der Waals surface area contributed by atoms with Crippen molar-refractivity contribution in [2.75, 3.05) is 6.61 Å². The molecule has 3 rings (SSSR count). The molecule has 2 aliphatic carbocycles. The predicted molar refractivity (Wildman–Crippen MR) is 108 cm³/mol. The molecule has 7 heteroatoms. The van der Waals surface area contributed by atoms with Crippen molar-refractivity contribution in [3.05, 3.63) is 29.3 Å². The standard InChI is InChI=1S/C23H30O7/c1-13(29-14(2)24)7-8-18-19-9-16-5-4-6-21(28-12-23(26)27)20(16)10-17(19)11-22(18)30-15(3)25/h4-6,13,17-19,22H,7-12H2,1-3H3,(H,26,27)/t13-,17-,18+,19-,22+/m0/s1. The van der Waals surface area contributed by atoms with Gasteiger partial charge in [0.2, 0.25) is 0 Å². The van der Waals surface area contributed by atoms with Crippen LogP contribution in [0, 0.1) is 17.8 Å². The molecule has 2 aliphatic rings. The highest BCUT2D eigenvalue weighted by Crippen LogP contribution is 2.49. The zero-order chi connectivity index (χ0) is 21.8. The van der Waals surface area contributed by atoms with Crippen molar-refractivity contribution in [2.24, 2.45) is 17.8 Å². The summed E-state index contributed by atoms with van der Waals surface area (Å²) >= 11 is 0. The van der Waals surface area contributed by atoms with E-state index < -0.39 is 5.97 Å². The fourth-order valence-corrected chi connectivity index (χ4v) is 5.17. The highest BCUT2D eigenvalue weighted by atomic mass is 16.5. The molecule has 1 fully saturated rings. The average Bonchev–Trinajstić information content (AvgIpc) is 2.97. The number of carboxylic acids is 1. The van der Waals surface area contributed by atoms with E-state index in [0.29, 0.717) is 17.6 Å². The Morgan fingerprint density at radius 2 is 1.93 bits per heavy atom. The van der Waals surface area contributed by atoms with E-state index in [9.17, 15) is 14.4 Å². The number of hydrogen-bond acceptors (Lipinski definition) is 6. The summed E-state index contributed by atoms with van der Waals surface area (Å²) in [5, 5.41) is 8.94. The van der Waals surface area contributed by atoms with Gasteiger partial charge in [0.1, 0.15) is 11.9 Å². The van der Waals surface area contributed by atoms with Gasteiger partial charge in [-0.2, -0.15) is 0 Å². The van der Waals surface area contributed by atoms with Gasteiger partial charge in [0.15, 0.2) is 6.61 Å². The summed E-state index contributed by atoms with van der Waals surface area (Å²) in [6.45, 7) is 4.37. The van der Waals surface area contributed by atoms with Crippen molar-refractivity contribution >= 4 is 17.9 Å². The maximum atomic E-state index is 11.7. The quantitative estimate of drug-likeness (QED) is 0.647. The van der Waals surface area contributed by atoms with Crippen molar-refractivity contribution in [1.29, 1.82) is 0 Å². The maximum absolute atomic E-state index is 11.7. The summed E-state index contributed by atoms with van der Waals surface area (Å²) in [4.78, 5) is 33.8. The number of hydrogen-bond donors (Lipinski definition) is 1. The molecule has 0 aromatic heterocycles. The molecule has 30 heavy (non-hydrogen) atoms. The van der Waals surface area contributed by atoms with Gasteiger partial charge in [-0.25, -0.2) is 4.79 Å². The van der Waals surface area contributed by atoms with Crippen LogP contribution in [0.4, 0.5) is 0 Å². The first-order valence-corrected chi connectivity index (χ1v) is 10.5. The number of carbonyl (C=O) groups is 3. The molecule has 0 aliphatic heterocycles. The Kier molecular flexibility index (Phi) is 7.00. The number of ether oxygens (including phenoxy) is 3. The Labute approximate surface area is 176 Å². The molecular formula is C23H30O7. The van der Waals surface area contributed by atoms with E-state index >= 15 is 0 Å². The summed E-state index contributed by atoms with van der Waals surface area (Å²) in [5.74, 6) is -0.0351. The minimum Gasteiger partial charge on any atom is -0.482 e. The SMILES string of the molecule is CC(=O)O[C@@H](C)CC[C@@H]1[C@H]2Cc3cccc(OCC(=O)O)c3C[C@H]2C[C@H]1OC(C)=O. The number of carboxylic acid groups (broad SMARTS) is 1. The first kappa shape index (κ1) is 22.1. The number of benzene rings is 1. The van der Waals surface area contributed by atoms with Crippen LogP contribution in [-0.4, -0.2) is 41.8 Å². The zero-order valence-electron chi connectivity index (χ0n) is 17.8. The molecule has 5 atom stereocenters. The van der Waals surface area contributed by atoms with E-state index in [1.165, 1.54) is 19.4 Å². The first-order valence-electron chi connectivity index (χ1n) is 10.5. The van der Waals surface area contributed by atoms with Crippen molar-refractivity contribution < 1.29 is 33.7 Å². The monoisotopic (exact) mass is 418 g/mol. The predicted octanol–water partition coefficient (Wildman–Crippen LogP) is 3.16. The Morgan fingerprint density at radius 3 is 2.60 bits per heavy atom. The molecule has 0 spiro atoms. The lowest BCUT2D eigenvalue weighted by atomic mass is 9.73. The maximum Gasteiger partial charge on any atom is 0.341 e. The summed E-state index contributed by atoms with van der Waals surface area (Å²) in [5.41, 5.74) is 2.23. The fraction of sp³-hybridized carbons (Fsp3) is 0.609. The van der Waals surface area contributed by atoms with Crippen LogP contribution in [0.1, 0.15) is 51.2 Å². The van der Waals surface area contributed by atoms with Gasteiger partial charge < -0.3 is 19.3 Å². The second kappa shape index (κ2) is 9.49. The third-order valence-electron chi connectivity index (χ3n) is 6.26. The van der Waals surface area contributed by atoms with Crippen LogP contribution >= 0.6 is 0 Å². The molecule has 0 heterocycles. The van der Waals surface area contributed by atoms with E-state index in [1.807, 2.05) is 19.1 Å². The van der Waals surface area contributed by atoms with Gasteiger partial charge in [-0.05, 0) is 74.0 Å². The average molecular weight is 418 g/mol. The molecule has 1 aromatic carbocycles. The van der Waals surface area contributed by atoms with Crippen LogP contribution < -0.4 is 4.74 Å². The Hall–Kier alpha value is -2.57. The van der Waals surface area contributed by atoms with Gasteiger partial charge >= 0.3 is 17.9 Å². The van der Waals surface area contributed by atoms with E-state index in [0.717, 1.165) is 37.7 Å². The number of aliphatic carboxylic acids is 1. The zero-order valence-corrected chi connectivity index (χ0v) is 17.8. The highest BCUT2D eigenvalue weighted by Gasteiger charge is 2.47. The fourth-order valence-electron chi connectivity index (χ4n) is 5.17. The van der Waals surface area contributed by atoms with Gasteiger partial charge in [0.05, 0.1) is 6.10 Å². The molecule has 0 saturated heterocycles. The van der Waals surface area contributed by atoms with Crippen LogP contribution in [-0.2, 0) is 36.7 Å².